The summed E-state index contributed by atoms with van der Waals surface area (Å²) in [5.41, 5.74) is 7.55. The van der Waals surface area contributed by atoms with Crippen LogP contribution in [0.1, 0.15) is 41.4 Å². The number of nitrogen functional groups attached to an aromatic ring is 1. The van der Waals surface area contributed by atoms with Crippen LogP contribution in [0.4, 0.5) is 5.13 Å². The molecule has 0 saturated heterocycles. The molecule has 1 aromatic heterocycles. The molecule has 0 aliphatic carbocycles. The first kappa shape index (κ1) is 13.5. The molecule has 0 unspecified atom stereocenters. The zero-order valence-electron chi connectivity index (χ0n) is 11.1. The fourth-order valence-corrected chi connectivity index (χ4v) is 2.34. The number of ether oxygens (including phenoxy) is 1. The van der Waals surface area contributed by atoms with E-state index < -0.39 is 0 Å². The van der Waals surface area contributed by atoms with E-state index in [0.717, 1.165) is 5.56 Å². The summed E-state index contributed by atoms with van der Waals surface area (Å²) < 4.78 is 5.25. The Morgan fingerprint density at radius 2 is 2.16 bits per heavy atom. The standard InChI is InChI=1S/C14H16N2O2S/c1-8(2)9-4-5-12(18-3)10(6-9)13(17)11-7-19-14(15)16-11/h4-8H,1-3H3,(H2,15,16). The Balaban J connectivity index is 2.47. The highest BCUT2D eigenvalue weighted by Crippen LogP contribution is 2.27. The van der Waals surface area contributed by atoms with Gasteiger partial charge in [-0.15, -0.1) is 11.3 Å². The summed E-state index contributed by atoms with van der Waals surface area (Å²) >= 11 is 1.26. The van der Waals surface area contributed by atoms with Crippen molar-refractivity contribution in [2.75, 3.05) is 12.8 Å². The van der Waals surface area contributed by atoms with Gasteiger partial charge in [-0.05, 0) is 23.6 Å². The van der Waals surface area contributed by atoms with E-state index >= 15 is 0 Å². The van der Waals surface area contributed by atoms with Crippen molar-refractivity contribution in [3.63, 3.8) is 0 Å². The van der Waals surface area contributed by atoms with E-state index in [1.54, 1.807) is 12.5 Å². The fourth-order valence-electron chi connectivity index (χ4n) is 1.79. The Hall–Kier alpha value is -1.88. The lowest BCUT2D eigenvalue weighted by atomic mass is 9.98. The van der Waals surface area contributed by atoms with Crippen LogP contribution in [0.25, 0.3) is 0 Å². The number of carbonyl (C=O) groups is 1. The highest BCUT2D eigenvalue weighted by molar-refractivity contribution is 7.13. The molecule has 1 aromatic carbocycles. The van der Waals surface area contributed by atoms with Crippen LogP contribution in [0.5, 0.6) is 5.75 Å². The van der Waals surface area contributed by atoms with Crippen molar-refractivity contribution in [1.82, 2.24) is 4.98 Å². The number of nitrogens with zero attached hydrogens (tertiary/aromatic N) is 1. The summed E-state index contributed by atoms with van der Waals surface area (Å²) in [6, 6.07) is 5.65. The van der Waals surface area contributed by atoms with Gasteiger partial charge in [0.2, 0.25) is 5.78 Å². The number of ketones is 1. The number of methoxy groups -OCH3 is 1. The van der Waals surface area contributed by atoms with Crippen molar-refractivity contribution >= 4 is 22.3 Å². The molecular weight excluding hydrogens is 260 g/mol. The topological polar surface area (TPSA) is 65.2 Å². The first-order chi connectivity index (χ1) is 9.02. The van der Waals surface area contributed by atoms with Gasteiger partial charge in [-0.3, -0.25) is 4.79 Å². The van der Waals surface area contributed by atoms with Gasteiger partial charge in [0.25, 0.3) is 0 Å². The quantitative estimate of drug-likeness (QED) is 0.871. The van der Waals surface area contributed by atoms with Crippen LogP contribution in [0.15, 0.2) is 23.6 Å². The first-order valence-corrected chi connectivity index (χ1v) is 6.84. The van der Waals surface area contributed by atoms with E-state index in [1.165, 1.54) is 11.3 Å². The first-order valence-electron chi connectivity index (χ1n) is 5.96. The van der Waals surface area contributed by atoms with Crippen LogP contribution in [0, 0.1) is 0 Å². The SMILES string of the molecule is COc1ccc(C(C)C)cc1C(=O)c1csc(N)n1. The van der Waals surface area contributed by atoms with E-state index in [4.69, 9.17) is 10.5 Å². The minimum atomic E-state index is -0.160. The van der Waals surface area contributed by atoms with Crippen LogP contribution in [-0.4, -0.2) is 17.9 Å². The number of carbonyl (C=O) groups excluding carboxylic acids is 1. The van der Waals surface area contributed by atoms with Crippen LogP contribution in [-0.2, 0) is 0 Å². The maximum Gasteiger partial charge on any atom is 0.216 e. The molecule has 0 aliphatic rings. The van der Waals surface area contributed by atoms with Crippen molar-refractivity contribution in [3.8, 4) is 5.75 Å². The van der Waals surface area contributed by atoms with Crippen molar-refractivity contribution in [1.29, 1.82) is 0 Å². The zero-order chi connectivity index (χ0) is 14.0. The van der Waals surface area contributed by atoms with E-state index in [2.05, 4.69) is 18.8 Å². The van der Waals surface area contributed by atoms with Gasteiger partial charge < -0.3 is 10.5 Å². The second kappa shape index (κ2) is 5.40. The molecule has 0 fully saturated rings. The Labute approximate surface area is 116 Å². The lowest BCUT2D eigenvalue weighted by Crippen LogP contribution is -2.06. The molecule has 5 heteroatoms. The van der Waals surface area contributed by atoms with Crippen molar-refractivity contribution in [2.45, 2.75) is 19.8 Å². The maximum absolute atomic E-state index is 12.4. The van der Waals surface area contributed by atoms with Crippen LogP contribution in [0.2, 0.25) is 0 Å². The molecule has 2 N–H and O–H groups in total. The normalized spacial score (nSPS) is 10.7. The Morgan fingerprint density at radius 3 is 2.68 bits per heavy atom. The molecule has 0 atom stereocenters. The molecule has 100 valence electrons. The Kier molecular flexibility index (Phi) is 3.85. The lowest BCUT2D eigenvalue weighted by molar-refractivity contribution is 0.103. The van der Waals surface area contributed by atoms with Gasteiger partial charge in [-0.25, -0.2) is 4.98 Å². The van der Waals surface area contributed by atoms with Gasteiger partial charge >= 0.3 is 0 Å². The second-order valence-corrected chi connectivity index (χ2v) is 5.40. The van der Waals surface area contributed by atoms with Gasteiger partial charge in [-0.2, -0.15) is 0 Å². The third-order valence-corrected chi connectivity index (χ3v) is 3.56. The second-order valence-electron chi connectivity index (χ2n) is 4.51. The van der Waals surface area contributed by atoms with E-state index in [9.17, 15) is 4.79 Å². The molecule has 0 amide bonds. The van der Waals surface area contributed by atoms with E-state index in [1.807, 2.05) is 18.2 Å². The predicted octanol–water partition coefficient (Wildman–Crippen LogP) is 3.09. The highest BCUT2D eigenvalue weighted by Gasteiger charge is 2.18. The lowest BCUT2D eigenvalue weighted by Gasteiger charge is -2.11. The molecule has 0 spiro atoms. The number of thiazole rings is 1. The number of hydrogen-bond acceptors (Lipinski definition) is 5. The third-order valence-electron chi connectivity index (χ3n) is 2.89. The number of rotatable bonds is 4. The van der Waals surface area contributed by atoms with Crippen LogP contribution in [0.3, 0.4) is 0 Å². The number of benzene rings is 1. The van der Waals surface area contributed by atoms with Gasteiger partial charge in [0.05, 0.1) is 12.7 Å². The maximum atomic E-state index is 12.4. The number of nitrogens with two attached hydrogens (primary N) is 1. The van der Waals surface area contributed by atoms with Gasteiger partial charge in [0.15, 0.2) is 5.13 Å². The molecule has 0 saturated carbocycles. The summed E-state index contributed by atoms with van der Waals surface area (Å²) in [6.07, 6.45) is 0. The Morgan fingerprint density at radius 1 is 1.42 bits per heavy atom. The van der Waals surface area contributed by atoms with Crippen molar-refractivity contribution in [2.24, 2.45) is 0 Å². The summed E-state index contributed by atoms with van der Waals surface area (Å²) in [5, 5.41) is 2.06. The van der Waals surface area contributed by atoms with E-state index in [-0.39, 0.29) is 5.78 Å². The molecule has 0 radical (unpaired) electrons. The van der Waals surface area contributed by atoms with E-state index in [0.29, 0.717) is 28.1 Å². The van der Waals surface area contributed by atoms with Crippen molar-refractivity contribution < 1.29 is 9.53 Å². The van der Waals surface area contributed by atoms with Gasteiger partial charge in [0, 0.05) is 5.38 Å². The average Bonchev–Trinajstić information content (AvgIpc) is 2.83. The molecule has 4 nitrogen and oxygen atoms in total. The fraction of sp³-hybridized carbons (Fsp3) is 0.286. The monoisotopic (exact) mass is 276 g/mol. The van der Waals surface area contributed by atoms with Crippen LogP contribution >= 0.6 is 11.3 Å². The molecular formula is C14H16N2O2S. The van der Waals surface area contributed by atoms with Crippen molar-refractivity contribution in [3.05, 3.63) is 40.4 Å². The van der Waals surface area contributed by atoms with Gasteiger partial charge in [-0.1, -0.05) is 19.9 Å². The molecule has 1 heterocycles. The zero-order valence-corrected chi connectivity index (χ0v) is 12.0. The minimum Gasteiger partial charge on any atom is -0.496 e. The number of hydrogen-bond donors (Lipinski definition) is 1. The molecule has 0 bridgehead atoms. The van der Waals surface area contributed by atoms with Crippen LogP contribution < -0.4 is 10.5 Å². The summed E-state index contributed by atoms with van der Waals surface area (Å²) in [6.45, 7) is 4.16. The predicted molar refractivity (Wildman–Crippen MR) is 77.0 cm³/mol. The smallest absolute Gasteiger partial charge is 0.216 e. The molecule has 2 rings (SSSR count). The molecule has 19 heavy (non-hydrogen) atoms. The summed E-state index contributed by atoms with van der Waals surface area (Å²) in [4.78, 5) is 16.5. The summed E-state index contributed by atoms with van der Waals surface area (Å²) in [7, 11) is 1.55. The molecule has 0 aliphatic heterocycles. The minimum absolute atomic E-state index is 0.160. The largest absolute Gasteiger partial charge is 0.496 e. The number of aromatic nitrogens is 1. The Bertz CT molecular complexity index is 605. The molecule has 2 aromatic rings. The highest BCUT2D eigenvalue weighted by atomic mass is 32.1. The summed E-state index contributed by atoms with van der Waals surface area (Å²) in [5.74, 6) is 0.742. The van der Waals surface area contributed by atoms with Gasteiger partial charge in [0.1, 0.15) is 11.4 Å². The number of anilines is 1. The average molecular weight is 276 g/mol. The third kappa shape index (κ3) is 2.76.